The van der Waals surface area contributed by atoms with E-state index in [9.17, 15) is 0 Å². The van der Waals surface area contributed by atoms with Crippen molar-refractivity contribution in [3.05, 3.63) is 12.2 Å². The third-order valence-corrected chi connectivity index (χ3v) is 1.00. The maximum absolute atomic E-state index is 8.84. The van der Waals surface area contributed by atoms with E-state index in [1.165, 1.54) is 6.08 Å². The fraction of sp³-hybridized carbons (Fsp3) is 0.600. The van der Waals surface area contributed by atoms with Crippen molar-refractivity contribution < 1.29 is 14.9 Å². The summed E-state index contributed by atoms with van der Waals surface area (Å²) < 4.78 is 4.37. The zero-order chi connectivity index (χ0) is 6.20. The highest BCUT2D eigenvalue weighted by Crippen LogP contribution is 2.32. The van der Waals surface area contributed by atoms with Crippen LogP contribution in [0.1, 0.15) is 6.92 Å². The van der Waals surface area contributed by atoms with Crippen LogP contribution in [0, 0.1) is 0 Å². The van der Waals surface area contributed by atoms with Crippen LogP contribution in [-0.4, -0.2) is 22.3 Å². The van der Waals surface area contributed by atoms with E-state index in [2.05, 4.69) is 4.74 Å². The molecule has 1 heterocycles. The molecule has 8 heavy (non-hydrogen) atoms. The molecule has 3 heteroatoms. The Labute approximate surface area is 47.2 Å². The molecular formula is C5H8O3. The lowest BCUT2D eigenvalue weighted by molar-refractivity contribution is 0.0824. The Balaban J connectivity index is 2.47. The van der Waals surface area contributed by atoms with Crippen LogP contribution in [0.4, 0.5) is 0 Å². The van der Waals surface area contributed by atoms with Crippen molar-refractivity contribution in [3.8, 4) is 0 Å². The lowest BCUT2D eigenvalue weighted by Gasteiger charge is -1.89. The number of aliphatic hydroxyl groups is 2. The molecule has 0 saturated carbocycles. The van der Waals surface area contributed by atoms with E-state index in [1.54, 1.807) is 13.0 Å². The first-order chi connectivity index (χ1) is 3.69. The Bertz CT molecular complexity index is 121. The van der Waals surface area contributed by atoms with Crippen molar-refractivity contribution in [3.63, 3.8) is 0 Å². The van der Waals surface area contributed by atoms with Gasteiger partial charge in [-0.15, -0.1) is 0 Å². The van der Waals surface area contributed by atoms with Crippen molar-refractivity contribution in [2.75, 3.05) is 0 Å². The van der Waals surface area contributed by atoms with Crippen LogP contribution in [-0.2, 0) is 4.74 Å². The molecule has 0 radical (unpaired) electrons. The van der Waals surface area contributed by atoms with Crippen LogP contribution in [0.2, 0.25) is 0 Å². The van der Waals surface area contributed by atoms with E-state index in [1.807, 2.05) is 0 Å². The number of ether oxygens (including phenoxy) is 1. The Morgan fingerprint density at radius 2 is 2.25 bits per heavy atom. The highest BCUT2D eigenvalue weighted by atomic mass is 16.8. The van der Waals surface area contributed by atoms with E-state index in [0.717, 1.165) is 0 Å². The maximum atomic E-state index is 8.84. The lowest BCUT2D eigenvalue weighted by Crippen LogP contribution is -2.08. The summed E-state index contributed by atoms with van der Waals surface area (Å²) in [5, 5.41) is 17.3. The summed E-state index contributed by atoms with van der Waals surface area (Å²) in [5.74, 6) is -1.37. The van der Waals surface area contributed by atoms with E-state index in [4.69, 9.17) is 10.2 Å². The molecule has 2 atom stereocenters. The minimum Gasteiger partial charge on any atom is -0.363 e. The Morgan fingerprint density at radius 1 is 1.75 bits per heavy atom. The van der Waals surface area contributed by atoms with Crippen LogP contribution < -0.4 is 0 Å². The van der Waals surface area contributed by atoms with Gasteiger partial charge in [-0.05, 0) is 13.0 Å². The fourth-order valence-corrected chi connectivity index (χ4v) is 0.505. The number of rotatable bonds is 1. The van der Waals surface area contributed by atoms with E-state index >= 15 is 0 Å². The van der Waals surface area contributed by atoms with Gasteiger partial charge >= 0.3 is 0 Å². The van der Waals surface area contributed by atoms with E-state index in [-0.39, 0.29) is 0 Å². The molecular weight excluding hydrogens is 108 g/mol. The summed E-state index contributed by atoms with van der Waals surface area (Å²) in [7, 11) is 0. The Morgan fingerprint density at radius 3 is 2.38 bits per heavy atom. The molecule has 0 aromatic heterocycles. The van der Waals surface area contributed by atoms with Crippen molar-refractivity contribution in [2.24, 2.45) is 0 Å². The van der Waals surface area contributed by atoms with Crippen LogP contribution in [0.3, 0.4) is 0 Å². The second-order valence-corrected chi connectivity index (χ2v) is 1.72. The van der Waals surface area contributed by atoms with Crippen LogP contribution in [0.15, 0.2) is 12.2 Å². The zero-order valence-corrected chi connectivity index (χ0v) is 4.53. The minimum absolute atomic E-state index is 1.02. The number of hydrogen-bond donors (Lipinski definition) is 2. The monoisotopic (exact) mass is 116 g/mol. The van der Waals surface area contributed by atoms with E-state index < -0.39 is 12.1 Å². The molecule has 46 valence electrons. The number of hydrogen-bond acceptors (Lipinski definition) is 3. The maximum Gasteiger partial charge on any atom is 0.240 e. The van der Waals surface area contributed by atoms with Gasteiger partial charge in [-0.1, -0.05) is 6.08 Å². The van der Waals surface area contributed by atoms with Gasteiger partial charge in [0.05, 0.1) is 0 Å². The van der Waals surface area contributed by atoms with Gasteiger partial charge in [0.2, 0.25) is 12.1 Å². The first-order valence-electron chi connectivity index (χ1n) is 2.41. The smallest absolute Gasteiger partial charge is 0.240 e. The molecule has 1 fully saturated rings. The molecule has 1 saturated heterocycles. The quantitative estimate of drug-likeness (QED) is 0.362. The fourth-order valence-electron chi connectivity index (χ4n) is 0.505. The van der Waals surface area contributed by atoms with Gasteiger partial charge in [0.15, 0.2) is 0 Å². The molecule has 1 rings (SSSR count). The molecule has 0 bridgehead atoms. The van der Waals surface area contributed by atoms with Crippen LogP contribution in [0.5, 0.6) is 0 Å². The molecule has 0 aromatic carbocycles. The standard InChI is InChI=1S/C5H8O3/c1-2-3-5(7)4(6)8-5/h2-4,6-7H,1H3/b3-2+. The Hall–Kier alpha value is -0.380. The molecule has 0 aliphatic carbocycles. The summed E-state index contributed by atoms with van der Waals surface area (Å²) in [4.78, 5) is 0. The molecule has 2 N–H and O–H groups in total. The van der Waals surface area contributed by atoms with Crippen molar-refractivity contribution >= 4 is 0 Å². The topological polar surface area (TPSA) is 53.0 Å². The first-order valence-corrected chi connectivity index (χ1v) is 2.41. The number of allylic oxidation sites excluding steroid dienone is 1. The normalized spacial score (nSPS) is 45.6. The minimum atomic E-state index is -1.37. The van der Waals surface area contributed by atoms with Crippen molar-refractivity contribution in [1.82, 2.24) is 0 Å². The molecule has 0 aromatic rings. The summed E-state index contributed by atoms with van der Waals surface area (Å²) in [5.41, 5.74) is 0. The van der Waals surface area contributed by atoms with Crippen molar-refractivity contribution in [1.29, 1.82) is 0 Å². The third kappa shape index (κ3) is 0.753. The molecule has 0 spiro atoms. The zero-order valence-electron chi connectivity index (χ0n) is 4.53. The first kappa shape index (κ1) is 5.75. The van der Waals surface area contributed by atoms with Crippen LogP contribution in [0.25, 0.3) is 0 Å². The van der Waals surface area contributed by atoms with Gasteiger partial charge in [0, 0.05) is 0 Å². The average molecular weight is 116 g/mol. The summed E-state index contributed by atoms with van der Waals surface area (Å²) >= 11 is 0. The summed E-state index contributed by atoms with van der Waals surface area (Å²) in [6.07, 6.45) is 2.01. The van der Waals surface area contributed by atoms with Crippen LogP contribution >= 0.6 is 0 Å². The van der Waals surface area contributed by atoms with Gasteiger partial charge in [-0.3, -0.25) is 0 Å². The number of aliphatic hydroxyl groups excluding tert-OH is 1. The molecule has 1 aliphatic heterocycles. The second kappa shape index (κ2) is 1.55. The van der Waals surface area contributed by atoms with Crippen molar-refractivity contribution in [2.45, 2.75) is 19.0 Å². The highest BCUT2D eigenvalue weighted by Gasteiger charge is 2.52. The van der Waals surface area contributed by atoms with Gasteiger partial charge in [-0.25, -0.2) is 0 Å². The predicted octanol–water partition coefficient (Wildman–Crippen LogP) is -0.400. The second-order valence-electron chi connectivity index (χ2n) is 1.72. The lowest BCUT2D eigenvalue weighted by atomic mass is 10.3. The Kier molecular flexibility index (Phi) is 1.11. The van der Waals surface area contributed by atoms with E-state index in [0.29, 0.717) is 0 Å². The highest BCUT2D eigenvalue weighted by molar-refractivity contribution is 5.03. The predicted molar refractivity (Wildman–Crippen MR) is 26.9 cm³/mol. The average Bonchev–Trinajstić information content (AvgIpc) is 2.16. The molecule has 0 amide bonds. The third-order valence-electron chi connectivity index (χ3n) is 1.00. The SMILES string of the molecule is C/C=C/C1(O)OC1O. The van der Waals surface area contributed by atoms with Gasteiger partial charge in [0.1, 0.15) is 0 Å². The molecule has 2 unspecified atom stereocenters. The summed E-state index contributed by atoms with van der Waals surface area (Å²) in [6, 6.07) is 0. The summed E-state index contributed by atoms with van der Waals surface area (Å²) in [6.45, 7) is 1.74. The number of epoxide rings is 1. The molecule has 3 nitrogen and oxygen atoms in total. The van der Waals surface area contributed by atoms with Gasteiger partial charge < -0.3 is 14.9 Å². The van der Waals surface area contributed by atoms with Gasteiger partial charge in [-0.2, -0.15) is 0 Å². The largest absolute Gasteiger partial charge is 0.363 e. The van der Waals surface area contributed by atoms with Gasteiger partial charge in [0.25, 0.3) is 0 Å². The molecule has 1 aliphatic rings.